The van der Waals surface area contributed by atoms with Gasteiger partial charge in [0.25, 0.3) is 11.8 Å². The number of amides is 2. The van der Waals surface area contributed by atoms with E-state index in [1.54, 1.807) is 34.1 Å². The first-order valence-corrected chi connectivity index (χ1v) is 12.2. The van der Waals surface area contributed by atoms with E-state index in [9.17, 15) is 9.59 Å². The molecule has 1 fully saturated rings. The summed E-state index contributed by atoms with van der Waals surface area (Å²) in [4.78, 5) is 30.6. The number of nitrogens with zero attached hydrogens (tertiary/aromatic N) is 2. The molecular weight excluding hydrogens is 464 g/mol. The Kier molecular flexibility index (Phi) is 6.90. The number of carbonyl (C=O) groups excluding carboxylic acids is 2. The number of anilines is 2. The molecule has 4 aromatic rings. The SMILES string of the molecule is Cc1cccc(N(C(=O)COc2ccccc2)C2C(Oc3ccccc3)C(=O)N2c2cccc(C)c2)c1. The summed E-state index contributed by atoms with van der Waals surface area (Å²) in [6.07, 6.45) is -1.59. The van der Waals surface area contributed by atoms with E-state index >= 15 is 0 Å². The van der Waals surface area contributed by atoms with Crippen molar-refractivity contribution in [2.45, 2.75) is 26.1 Å². The van der Waals surface area contributed by atoms with Crippen molar-refractivity contribution in [2.24, 2.45) is 0 Å². The van der Waals surface area contributed by atoms with Gasteiger partial charge in [-0.2, -0.15) is 0 Å². The molecule has 6 heteroatoms. The van der Waals surface area contributed by atoms with E-state index in [1.165, 1.54) is 0 Å². The number of benzene rings is 4. The monoisotopic (exact) mass is 492 g/mol. The molecule has 6 nitrogen and oxygen atoms in total. The van der Waals surface area contributed by atoms with Gasteiger partial charge >= 0.3 is 0 Å². The number of ether oxygens (including phenoxy) is 2. The van der Waals surface area contributed by atoms with Crippen LogP contribution in [-0.2, 0) is 9.59 Å². The molecule has 1 aliphatic heterocycles. The summed E-state index contributed by atoms with van der Waals surface area (Å²) >= 11 is 0. The number of hydrogen-bond donors (Lipinski definition) is 0. The Bertz CT molecular complexity index is 1390. The molecule has 1 saturated heterocycles. The highest BCUT2D eigenvalue weighted by molar-refractivity contribution is 6.09. The molecule has 2 unspecified atom stereocenters. The fraction of sp³-hybridized carbons (Fsp3) is 0.161. The summed E-state index contributed by atoms with van der Waals surface area (Å²) in [7, 11) is 0. The summed E-state index contributed by atoms with van der Waals surface area (Å²) in [6.45, 7) is 3.75. The van der Waals surface area contributed by atoms with Gasteiger partial charge in [-0.3, -0.25) is 19.4 Å². The highest BCUT2D eigenvalue weighted by Gasteiger charge is 2.55. The fourth-order valence-corrected chi connectivity index (χ4v) is 4.47. The molecular formula is C31H28N2O4. The van der Waals surface area contributed by atoms with Crippen molar-refractivity contribution in [2.75, 3.05) is 16.4 Å². The van der Waals surface area contributed by atoms with Gasteiger partial charge in [0.2, 0.25) is 6.10 Å². The Morgan fingerprint density at radius 2 is 1.41 bits per heavy atom. The van der Waals surface area contributed by atoms with Gasteiger partial charge in [0.15, 0.2) is 12.8 Å². The fourth-order valence-electron chi connectivity index (χ4n) is 4.47. The summed E-state index contributed by atoms with van der Waals surface area (Å²) < 4.78 is 12.0. The standard InChI is InChI=1S/C31H28N2O4/c1-22-11-9-13-24(19-22)32(28(34)21-36-26-15-5-3-6-16-26)30-29(37-27-17-7-4-8-18-27)31(35)33(30)25-14-10-12-23(2)20-25/h3-20,29-30H,21H2,1-2H3. The van der Waals surface area contributed by atoms with E-state index in [0.717, 1.165) is 11.1 Å². The normalized spacial score (nSPS) is 16.6. The average Bonchev–Trinajstić information content (AvgIpc) is 2.91. The van der Waals surface area contributed by atoms with Crippen LogP contribution < -0.4 is 19.3 Å². The average molecular weight is 493 g/mol. The second-order valence-electron chi connectivity index (χ2n) is 9.02. The van der Waals surface area contributed by atoms with Crippen LogP contribution in [0.3, 0.4) is 0 Å². The summed E-state index contributed by atoms with van der Waals surface area (Å²) in [5, 5.41) is 0. The lowest BCUT2D eigenvalue weighted by Crippen LogP contribution is -2.75. The largest absolute Gasteiger partial charge is 0.484 e. The van der Waals surface area contributed by atoms with Gasteiger partial charge in [-0.25, -0.2) is 0 Å². The van der Waals surface area contributed by atoms with Gasteiger partial charge < -0.3 is 9.47 Å². The maximum atomic E-state index is 13.8. The molecule has 0 aliphatic carbocycles. The van der Waals surface area contributed by atoms with Crippen LogP contribution in [-0.4, -0.2) is 30.7 Å². The first-order chi connectivity index (χ1) is 18.0. The minimum Gasteiger partial charge on any atom is -0.484 e. The van der Waals surface area contributed by atoms with Crippen molar-refractivity contribution in [3.8, 4) is 11.5 Å². The topological polar surface area (TPSA) is 59.1 Å². The molecule has 0 N–H and O–H groups in total. The molecule has 1 heterocycles. The molecule has 0 spiro atoms. The van der Waals surface area contributed by atoms with E-state index in [4.69, 9.17) is 9.47 Å². The van der Waals surface area contributed by atoms with Gasteiger partial charge in [0.1, 0.15) is 11.5 Å². The Hall–Kier alpha value is -4.58. The minimum absolute atomic E-state index is 0.192. The first-order valence-electron chi connectivity index (χ1n) is 12.2. The minimum atomic E-state index is -0.885. The summed E-state index contributed by atoms with van der Waals surface area (Å²) in [5.74, 6) is 0.657. The van der Waals surface area contributed by atoms with Crippen molar-refractivity contribution in [1.82, 2.24) is 0 Å². The lowest BCUT2D eigenvalue weighted by Gasteiger charge is -2.51. The zero-order valence-electron chi connectivity index (χ0n) is 20.8. The molecule has 0 saturated carbocycles. The van der Waals surface area contributed by atoms with Crippen LogP contribution in [0.25, 0.3) is 0 Å². The van der Waals surface area contributed by atoms with Crippen LogP contribution in [0.2, 0.25) is 0 Å². The van der Waals surface area contributed by atoms with Crippen LogP contribution in [0.5, 0.6) is 11.5 Å². The van der Waals surface area contributed by atoms with E-state index in [2.05, 4.69) is 0 Å². The van der Waals surface area contributed by atoms with Crippen LogP contribution in [0, 0.1) is 13.8 Å². The summed E-state index contributed by atoms with van der Waals surface area (Å²) in [5.41, 5.74) is 3.38. The number of β-lactam (4-membered cyclic amide) rings is 1. The third-order valence-corrected chi connectivity index (χ3v) is 6.22. The Labute approximate surface area is 216 Å². The third-order valence-electron chi connectivity index (χ3n) is 6.22. The van der Waals surface area contributed by atoms with Crippen LogP contribution >= 0.6 is 0 Å². The predicted octanol–water partition coefficient (Wildman–Crippen LogP) is 5.54. The number of para-hydroxylation sites is 2. The third kappa shape index (κ3) is 5.19. The second-order valence-corrected chi connectivity index (χ2v) is 9.02. The lowest BCUT2D eigenvalue weighted by atomic mass is 9.99. The number of carbonyl (C=O) groups is 2. The molecule has 0 bridgehead atoms. The number of rotatable bonds is 8. The maximum absolute atomic E-state index is 13.8. The first kappa shape index (κ1) is 24.1. The maximum Gasteiger partial charge on any atom is 0.274 e. The zero-order chi connectivity index (χ0) is 25.8. The number of hydrogen-bond acceptors (Lipinski definition) is 4. The quantitative estimate of drug-likeness (QED) is 0.303. The second kappa shape index (κ2) is 10.6. The molecule has 5 rings (SSSR count). The van der Waals surface area contributed by atoms with Crippen molar-refractivity contribution < 1.29 is 19.1 Å². The van der Waals surface area contributed by atoms with E-state index in [1.807, 2.05) is 98.8 Å². The van der Waals surface area contributed by atoms with E-state index in [-0.39, 0.29) is 18.4 Å². The molecule has 2 atom stereocenters. The van der Waals surface area contributed by atoms with Crippen LogP contribution in [0.4, 0.5) is 11.4 Å². The Morgan fingerprint density at radius 1 is 0.784 bits per heavy atom. The van der Waals surface area contributed by atoms with Crippen LogP contribution in [0.1, 0.15) is 11.1 Å². The van der Waals surface area contributed by atoms with Gasteiger partial charge in [0.05, 0.1) is 0 Å². The molecule has 37 heavy (non-hydrogen) atoms. The van der Waals surface area contributed by atoms with Crippen molar-refractivity contribution >= 4 is 23.2 Å². The Morgan fingerprint density at radius 3 is 2.05 bits per heavy atom. The lowest BCUT2D eigenvalue weighted by molar-refractivity contribution is -0.136. The van der Waals surface area contributed by atoms with Crippen LogP contribution in [0.15, 0.2) is 109 Å². The smallest absolute Gasteiger partial charge is 0.274 e. The van der Waals surface area contributed by atoms with E-state index in [0.29, 0.717) is 22.9 Å². The molecule has 0 aromatic heterocycles. The Balaban J connectivity index is 1.54. The molecule has 1 aliphatic rings. The predicted molar refractivity (Wildman–Crippen MR) is 144 cm³/mol. The zero-order valence-corrected chi connectivity index (χ0v) is 20.8. The van der Waals surface area contributed by atoms with E-state index < -0.39 is 12.3 Å². The van der Waals surface area contributed by atoms with Crippen molar-refractivity contribution in [3.63, 3.8) is 0 Å². The highest BCUT2D eigenvalue weighted by Crippen LogP contribution is 2.36. The highest BCUT2D eigenvalue weighted by atomic mass is 16.5. The molecule has 186 valence electrons. The number of aryl methyl sites for hydroxylation is 2. The van der Waals surface area contributed by atoms with Gasteiger partial charge in [-0.05, 0) is 73.5 Å². The van der Waals surface area contributed by atoms with Gasteiger partial charge in [-0.1, -0.05) is 60.7 Å². The molecule has 4 aromatic carbocycles. The van der Waals surface area contributed by atoms with Crippen molar-refractivity contribution in [3.05, 3.63) is 120 Å². The molecule has 0 radical (unpaired) electrons. The summed E-state index contributed by atoms with van der Waals surface area (Å²) in [6, 6.07) is 33.7. The van der Waals surface area contributed by atoms with Crippen molar-refractivity contribution in [1.29, 1.82) is 0 Å². The molecule has 2 amide bonds. The van der Waals surface area contributed by atoms with Gasteiger partial charge in [-0.15, -0.1) is 0 Å². The van der Waals surface area contributed by atoms with Gasteiger partial charge in [0, 0.05) is 11.4 Å².